The standard InChI is InChI=1S/C13H26BrNO4Si2/c1-20(2,3)13(12(17)18)7-10(19-21(4,5)6)9-15(13)11(16)8-14/h10H,7-9H2,1-6H3,(H,17,18)/t10-,13+/m1/s1. The zero-order valence-corrected chi connectivity index (χ0v) is 17.3. The lowest BCUT2D eigenvalue weighted by molar-refractivity contribution is -0.150. The van der Waals surface area contributed by atoms with E-state index in [0.29, 0.717) is 13.0 Å². The Hall–Kier alpha value is -0.186. The summed E-state index contributed by atoms with van der Waals surface area (Å²) in [7, 11) is -3.96. The SMILES string of the molecule is C[Si](C)(C)O[C@H]1CN(C(=O)CBr)[C@](C(=O)O)([Si](C)(C)C)C1. The predicted molar refractivity (Wildman–Crippen MR) is 92.1 cm³/mol. The van der Waals surface area contributed by atoms with Crippen molar-refractivity contribution in [2.24, 2.45) is 0 Å². The molecular weight excluding hydrogens is 370 g/mol. The van der Waals surface area contributed by atoms with Crippen molar-refractivity contribution in [3.05, 3.63) is 0 Å². The van der Waals surface area contributed by atoms with Gasteiger partial charge in [-0.1, -0.05) is 35.6 Å². The van der Waals surface area contributed by atoms with Crippen molar-refractivity contribution in [3.63, 3.8) is 0 Å². The third kappa shape index (κ3) is 3.77. The Bertz CT molecular complexity index is 433. The van der Waals surface area contributed by atoms with Gasteiger partial charge in [-0.05, 0) is 19.6 Å². The molecule has 1 saturated heterocycles. The highest BCUT2D eigenvalue weighted by atomic mass is 79.9. The van der Waals surface area contributed by atoms with Crippen molar-refractivity contribution in [2.75, 3.05) is 11.9 Å². The fraction of sp³-hybridized carbons (Fsp3) is 0.846. The van der Waals surface area contributed by atoms with Gasteiger partial charge < -0.3 is 14.4 Å². The average molecular weight is 396 g/mol. The summed E-state index contributed by atoms with van der Waals surface area (Å²) in [5.74, 6) is -1.06. The van der Waals surface area contributed by atoms with Gasteiger partial charge in [-0.3, -0.25) is 9.59 Å². The van der Waals surface area contributed by atoms with E-state index in [1.807, 2.05) is 19.6 Å². The first-order valence-electron chi connectivity index (χ1n) is 7.13. The monoisotopic (exact) mass is 395 g/mol. The van der Waals surface area contributed by atoms with Gasteiger partial charge in [0.2, 0.25) is 5.91 Å². The molecule has 21 heavy (non-hydrogen) atoms. The zero-order valence-electron chi connectivity index (χ0n) is 13.7. The number of hydrogen-bond acceptors (Lipinski definition) is 3. The molecule has 0 aromatic rings. The lowest BCUT2D eigenvalue weighted by Crippen LogP contribution is -2.66. The number of carboxylic acids is 1. The molecule has 0 unspecified atom stereocenters. The molecule has 8 heteroatoms. The highest BCUT2D eigenvalue weighted by Crippen LogP contribution is 2.40. The summed E-state index contributed by atoms with van der Waals surface area (Å²) in [5, 5.41) is 8.98. The summed E-state index contributed by atoms with van der Waals surface area (Å²) in [4.78, 5) is 25.9. The molecular formula is C13H26BrNO4Si2. The Labute approximate surface area is 137 Å². The zero-order chi connectivity index (χ0) is 16.6. The molecule has 1 rings (SSSR count). The van der Waals surface area contributed by atoms with Crippen LogP contribution in [0.25, 0.3) is 0 Å². The molecule has 0 aliphatic carbocycles. The third-order valence-electron chi connectivity index (χ3n) is 3.90. The number of carbonyl (C=O) groups excluding carboxylic acids is 1. The minimum absolute atomic E-state index is 0.145. The van der Waals surface area contributed by atoms with Crippen molar-refractivity contribution in [3.8, 4) is 0 Å². The van der Waals surface area contributed by atoms with E-state index < -0.39 is 27.5 Å². The molecule has 1 fully saturated rings. The van der Waals surface area contributed by atoms with Gasteiger partial charge >= 0.3 is 5.97 Å². The van der Waals surface area contributed by atoms with Crippen LogP contribution in [0, 0.1) is 0 Å². The van der Waals surface area contributed by atoms with E-state index in [0.717, 1.165) is 0 Å². The second kappa shape index (κ2) is 6.13. The van der Waals surface area contributed by atoms with Gasteiger partial charge in [-0.25, -0.2) is 0 Å². The van der Waals surface area contributed by atoms with Crippen molar-refractivity contribution >= 4 is 44.2 Å². The average Bonchev–Trinajstić information content (AvgIpc) is 2.65. The molecule has 1 heterocycles. The molecule has 1 N–H and O–H groups in total. The van der Waals surface area contributed by atoms with Crippen LogP contribution in [0.4, 0.5) is 0 Å². The van der Waals surface area contributed by atoms with E-state index >= 15 is 0 Å². The Kier molecular flexibility index (Phi) is 5.51. The van der Waals surface area contributed by atoms with E-state index in [9.17, 15) is 14.7 Å². The maximum Gasteiger partial charge on any atom is 0.326 e. The number of nitrogens with zero attached hydrogens (tertiary/aromatic N) is 1. The van der Waals surface area contributed by atoms with E-state index in [2.05, 4.69) is 35.6 Å². The van der Waals surface area contributed by atoms with Crippen LogP contribution in [0.5, 0.6) is 0 Å². The number of alkyl halides is 1. The van der Waals surface area contributed by atoms with Gasteiger partial charge in [0.05, 0.1) is 19.5 Å². The molecule has 1 aliphatic heterocycles. The van der Waals surface area contributed by atoms with Crippen LogP contribution in [-0.4, -0.2) is 61.4 Å². The highest BCUT2D eigenvalue weighted by molar-refractivity contribution is 9.09. The lowest BCUT2D eigenvalue weighted by atomic mass is 10.2. The van der Waals surface area contributed by atoms with E-state index in [1.54, 1.807) is 4.90 Å². The Balaban J connectivity index is 3.24. The van der Waals surface area contributed by atoms with Gasteiger partial charge in [-0.2, -0.15) is 0 Å². The maximum atomic E-state index is 12.3. The Morgan fingerprint density at radius 1 is 1.29 bits per heavy atom. The smallest absolute Gasteiger partial charge is 0.326 e. The second-order valence-electron chi connectivity index (χ2n) is 7.61. The highest BCUT2D eigenvalue weighted by Gasteiger charge is 2.61. The van der Waals surface area contributed by atoms with Crippen molar-refractivity contribution in [2.45, 2.75) is 57.0 Å². The molecule has 0 radical (unpaired) electrons. The van der Waals surface area contributed by atoms with Gasteiger partial charge in [0, 0.05) is 13.0 Å². The third-order valence-corrected chi connectivity index (χ3v) is 8.59. The number of halogens is 1. The largest absolute Gasteiger partial charge is 0.480 e. The number of aliphatic carboxylic acids is 1. The topological polar surface area (TPSA) is 66.8 Å². The summed E-state index contributed by atoms with van der Waals surface area (Å²) in [6.07, 6.45) is 0.226. The molecule has 122 valence electrons. The number of carboxylic acid groups (broad SMARTS) is 1. The fourth-order valence-corrected chi connectivity index (χ4v) is 7.03. The molecule has 0 aromatic carbocycles. The summed E-state index contributed by atoms with van der Waals surface area (Å²) < 4.78 is 6.11. The van der Waals surface area contributed by atoms with Crippen LogP contribution in [0.1, 0.15) is 6.42 Å². The molecule has 5 nitrogen and oxygen atoms in total. The summed E-state index contributed by atoms with van der Waals surface area (Å²) in [5.41, 5.74) is 0. The number of carbonyl (C=O) groups is 2. The first-order chi connectivity index (χ1) is 9.35. The second-order valence-corrected chi connectivity index (χ2v) is 18.0. The maximum absolute atomic E-state index is 12.3. The van der Waals surface area contributed by atoms with Crippen LogP contribution >= 0.6 is 15.9 Å². The Morgan fingerprint density at radius 2 is 1.81 bits per heavy atom. The van der Waals surface area contributed by atoms with Crippen LogP contribution in [0.3, 0.4) is 0 Å². The molecule has 1 aliphatic rings. The fourth-order valence-electron chi connectivity index (χ4n) is 3.06. The minimum Gasteiger partial charge on any atom is -0.480 e. The quantitative estimate of drug-likeness (QED) is 0.573. The summed E-state index contributed by atoms with van der Waals surface area (Å²) in [6.45, 7) is 12.6. The molecule has 0 saturated carbocycles. The number of rotatable bonds is 5. The van der Waals surface area contributed by atoms with Gasteiger partial charge in [0.15, 0.2) is 8.32 Å². The summed E-state index contributed by atoms with van der Waals surface area (Å²) in [6, 6.07) is 0. The molecule has 0 spiro atoms. The van der Waals surface area contributed by atoms with Crippen LogP contribution in [-0.2, 0) is 14.0 Å². The van der Waals surface area contributed by atoms with E-state index in [4.69, 9.17) is 4.43 Å². The first-order valence-corrected chi connectivity index (χ1v) is 15.2. The van der Waals surface area contributed by atoms with Gasteiger partial charge in [0.1, 0.15) is 5.16 Å². The predicted octanol–water partition coefficient (Wildman–Crippen LogP) is 2.53. The lowest BCUT2D eigenvalue weighted by Gasteiger charge is -2.43. The van der Waals surface area contributed by atoms with E-state index in [1.165, 1.54) is 0 Å². The Morgan fingerprint density at radius 3 is 2.14 bits per heavy atom. The number of amides is 1. The molecule has 0 aromatic heterocycles. The van der Waals surface area contributed by atoms with Gasteiger partial charge in [-0.15, -0.1) is 0 Å². The summed E-state index contributed by atoms with van der Waals surface area (Å²) >= 11 is 3.17. The number of hydrogen-bond donors (Lipinski definition) is 1. The molecule has 0 bridgehead atoms. The first kappa shape index (κ1) is 18.9. The molecule has 1 amide bonds. The van der Waals surface area contributed by atoms with Crippen LogP contribution in [0.15, 0.2) is 0 Å². The van der Waals surface area contributed by atoms with Gasteiger partial charge in [0.25, 0.3) is 0 Å². The van der Waals surface area contributed by atoms with Crippen LogP contribution < -0.4 is 0 Å². The normalized spacial score (nSPS) is 27.0. The van der Waals surface area contributed by atoms with Crippen molar-refractivity contribution < 1.29 is 19.1 Å². The minimum atomic E-state index is -2.18. The van der Waals surface area contributed by atoms with Crippen molar-refractivity contribution in [1.29, 1.82) is 0 Å². The van der Waals surface area contributed by atoms with E-state index in [-0.39, 0.29) is 17.3 Å². The van der Waals surface area contributed by atoms with Crippen molar-refractivity contribution in [1.82, 2.24) is 4.90 Å². The number of likely N-dealkylation sites (tertiary alicyclic amines) is 1. The van der Waals surface area contributed by atoms with Crippen LogP contribution in [0.2, 0.25) is 39.3 Å². The molecule has 2 atom stereocenters.